The second-order valence-corrected chi connectivity index (χ2v) is 13.6. The number of benzene rings is 3. The number of Topliss-reactive ketones (excluding diaryl/α,β-unsaturated/α-hetero) is 1. The maximum Gasteiger partial charge on any atom is 0.283 e. The normalized spacial score (nSPS) is 14.4. The Hall–Kier alpha value is -5.07. The summed E-state index contributed by atoms with van der Waals surface area (Å²) in [6.45, 7) is 6.09. The molecule has 0 saturated heterocycles. The van der Waals surface area contributed by atoms with Crippen LogP contribution in [0, 0.1) is 24.2 Å². The number of rotatable bonds is 3. The van der Waals surface area contributed by atoms with Crippen molar-refractivity contribution in [2.24, 2.45) is 5.41 Å². The van der Waals surface area contributed by atoms with Gasteiger partial charge in [-0.05, 0) is 73.4 Å². The highest BCUT2D eigenvalue weighted by Gasteiger charge is 2.31. The van der Waals surface area contributed by atoms with Crippen LogP contribution in [0.3, 0.4) is 0 Å². The Morgan fingerprint density at radius 1 is 0.791 bits per heavy atom. The first kappa shape index (κ1) is 26.8. The minimum atomic E-state index is -3.83. The number of nitrogens with zero attached hydrogens (tertiary/aromatic N) is 5. The van der Waals surface area contributed by atoms with Gasteiger partial charge in [0, 0.05) is 40.1 Å². The maximum absolute atomic E-state index is 13.2. The molecule has 0 unspecified atom stereocenters. The van der Waals surface area contributed by atoms with Crippen LogP contribution in [0.4, 0.5) is 0 Å². The van der Waals surface area contributed by atoms with E-state index in [1.165, 1.54) is 0 Å². The van der Waals surface area contributed by atoms with Gasteiger partial charge in [0.05, 0.1) is 39.7 Å². The molecule has 0 N–H and O–H groups in total. The average Bonchev–Trinajstić information content (AvgIpc) is 3.60. The van der Waals surface area contributed by atoms with Crippen LogP contribution in [-0.2, 0) is 16.4 Å². The summed E-state index contributed by atoms with van der Waals surface area (Å²) >= 11 is 0. The summed E-state index contributed by atoms with van der Waals surface area (Å²) in [6, 6.07) is 19.9. The fourth-order valence-corrected chi connectivity index (χ4v) is 6.86. The molecule has 8 nitrogen and oxygen atoms in total. The van der Waals surface area contributed by atoms with Gasteiger partial charge in [-0.15, -0.1) is 0 Å². The summed E-state index contributed by atoms with van der Waals surface area (Å²) in [5, 5.41) is 10.4. The number of carbonyl (C=O) groups is 1. The standard InChI is InChI=1S/C34H27N5O3S/c1-22-4-10-28(11-5-22)43(41,42)39-32-13-9-27(16-26(32)21-37-39)38-31-12-8-23(14-25(31)20-36-38)6-7-24-15-29-30(35-19-24)17-34(2,3)18-33(29)40/h4-5,8-16,19-21H,17-18H2,1-3H3. The first-order valence-corrected chi connectivity index (χ1v) is 15.3. The van der Waals surface area contributed by atoms with Gasteiger partial charge < -0.3 is 0 Å². The molecule has 3 heterocycles. The Morgan fingerprint density at radius 3 is 2.33 bits per heavy atom. The Labute approximate surface area is 249 Å². The molecule has 1 aliphatic rings. The van der Waals surface area contributed by atoms with Gasteiger partial charge in [0.2, 0.25) is 0 Å². The third-order valence-electron chi connectivity index (χ3n) is 7.78. The predicted octanol–water partition coefficient (Wildman–Crippen LogP) is 5.87. The second kappa shape index (κ2) is 9.75. The molecule has 0 amide bonds. The second-order valence-electron chi connectivity index (χ2n) is 11.8. The molecule has 212 valence electrons. The highest BCUT2D eigenvalue weighted by Crippen LogP contribution is 2.34. The Morgan fingerprint density at radius 2 is 1.51 bits per heavy atom. The van der Waals surface area contributed by atoms with E-state index >= 15 is 0 Å². The lowest BCUT2D eigenvalue weighted by Gasteiger charge is -2.29. The molecular weight excluding hydrogens is 558 g/mol. The van der Waals surface area contributed by atoms with E-state index in [0.717, 1.165) is 43.9 Å². The lowest BCUT2D eigenvalue weighted by molar-refractivity contribution is 0.0910. The predicted molar refractivity (Wildman–Crippen MR) is 165 cm³/mol. The van der Waals surface area contributed by atoms with Crippen molar-refractivity contribution < 1.29 is 13.2 Å². The molecule has 1 aliphatic carbocycles. The van der Waals surface area contributed by atoms with Crippen molar-refractivity contribution in [2.75, 3.05) is 0 Å². The van der Waals surface area contributed by atoms with E-state index in [1.807, 2.05) is 43.3 Å². The molecule has 0 fully saturated rings. The quantitative estimate of drug-likeness (QED) is 0.241. The molecule has 6 aromatic rings. The molecule has 0 radical (unpaired) electrons. The van der Waals surface area contributed by atoms with Crippen LogP contribution in [0.5, 0.6) is 0 Å². The minimum Gasteiger partial charge on any atom is -0.294 e. The summed E-state index contributed by atoms with van der Waals surface area (Å²) in [7, 11) is -3.83. The van der Waals surface area contributed by atoms with Gasteiger partial charge in [0.25, 0.3) is 10.0 Å². The fraction of sp³-hybridized carbons (Fsp3) is 0.176. The SMILES string of the molecule is Cc1ccc(S(=O)(=O)n2ncc3cc(-n4ncc5cc(C#Cc6cnc7c(c6)C(=O)CC(C)(C)C7)ccc54)ccc32)cc1. The molecule has 0 bridgehead atoms. The Balaban J connectivity index is 1.17. The lowest BCUT2D eigenvalue weighted by Crippen LogP contribution is -2.27. The molecule has 43 heavy (non-hydrogen) atoms. The van der Waals surface area contributed by atoms with Crippen molar-refractivity contribution in [3.05, 3.63) is 113 Å². The van der Waals surface area contributed by atoms with Crippen LogP contribution < -0.4 is 0 Å². The zero-order valence-electron chi connectivity index (χ0n) is 23.9. The average molecular weight is 586 g/mol. The van der Waals surface area contributed by atoms with Crippen molar-refractivity contribution in [3.63, 3.8) is 0 Å². The molecule has 7 rings (SSSR count). The summed E-state index contributed by atoms with van der Waals surface area (Å²) in [6.07, 6.45) is 6.36. The smallest absolute Gasteiger partial charge is 0.283 e. The molecule has 0 atom stereocenters. The van der Waals surface area contributed by atoms with E-state index in [-0.39, 0.29) is 16.1 Å². The van der Waals surface area contributed by atoms with Crippen LogP contribution in [0.1, 0.15) is 53.0 Å². The van der Waals surface area contributed by atoms with Crippen LogP contribution >= 0.6 is 0 Å². The van der Waals surface area contributed by atoms with E-state index in [9.17, 15) is 13.2 Å². The Bertz CT molecular complexity index is 2270. The van der Waals surface area contributed by atoms with Crippen LogP contribution in [0.25, 0.3) is 27.5 Å². The van der Waals surface area contributed by atoms with Crippen molar-refractivity contribution in [2.45, 2.75) is 38.5 Å². The van der Waals surface area contributed by atoms with Crippen LogP contribution in [-0.4, -0.2) is 38.2 Å². The first-order chi connectivity index (χ1) is 20.6. The van der Waals surface area contributed by atoms with Crippen molar-refractivity contribution in [1.82, 2.24) is 24.0 Å². The van der Waals surface area contributed by atoms with Gasteiger partial charge >= 0.3 is 0 Å². The van der Waals surface area contributed by atoms with Crippen LogP contribution in [0.15, 0.2) is 90.2 Å². The molecule has 0 aliphatic heterocycles. The highest BCUT2D eigenvalue weighted by atomic mass is 32.2. The molecule has 3 aromatic carbocycles. The van der Waals surface area contributed by atoms with E-state index in [2.05, 4.69) is 40.9 Å². The van der Waals surface area contributed by atoms with Crippen molar-refractivity contribution in [1.29, 1.82) is 0 Å². The number of aryl methyl sites for hydroxylation is 1. The molecule has 0 spiro atoms. The van der Waals surface area contributed by atoms with E-state index in [1.54, 1.807) is 53.6 Å². The largest absolute Gasteiger partial charge is 0.294 e. The molecule has 0 saturated carbocycles. The first-order valence-electron chi connectivity index (χ1n) is 13.9. The zero-order chi connectivity index (χ0) is 29.9. The van der Waals surface area contributed by atoms with Gasteiger partial charge in [0.1, 0.15) is 0 Å². The van der Waals surface area contributed by atoms with Gasteiger partial charge in [-0.1, -0.05) is 43.4 Å². The van der Waals surface area contributed by atoms with Crippen LogP contribution in [0.2, 0.25) is 0 Å². The minimum absolute atomic E-state index is 0.0692. The number of ketones is 1. The van der Waals surface area contributed by atoms with Crippen molar-refractivity contribution in [3.8, 4) is 17.5 Å². The zero-order valence-corrected chi connectivity index (χ0v) is 24.7. The number of carbonyl (C=O) groups excluding carboxylic acids is 1. The molecular formula is C34H27N5O3S. The van der Waals surface area contributed by atoms with E-state index < -0.39 is 10.0 Å². The number of pyridine rings is 1. The third kappa shape index (κ3) is 4.80. The maximum atomic E-state index is 13.2. The molecule has 3 aromatic heterocycles. The number of aromatic nitrogens is 5. The Kier molecular flexibility index (Phi) is 6.08. The van der Waals surface area contributed by atoms with Gasteiger partial charge in [-0.25, -0.2) is 4.68 Å². The van der Waals surface area contributed by atoms with Gasteiger partial charge in [-0.3, -0.25) is 9.78 Å². The highest BCUT2D eigenvalue weighted by molar-refractivity contribution is 7.90. The summed E-state index contributed by atoms with van der Waals surface area (Å²) in [5.41, 5.74) is 6.11. The van der Waals surface area contributed by atoms with Crippen molar-refractivity contribution >= 4 is 37.6 Å². The van der Waals surface area contributed by atoms with Gasteiger partial charge in [0.15, 0.2) is 5.78 Å². The third-order valence-corrected chi connectivity index (χ3v) is 9.40. The fourth-order valence-electron chi connectivity index (χ4n) is 5.58. The topological polar surface area (TPSA) is 99.7 Å². The number of fused-ring (bicyclic) bond motifs is 3. The lowest BCUT2D eigenvalue weighted by atomic mass is 9.75. The van der Waals surface area contributed by atoms with E-state index in [0.29, 0.717) is 28.5 Å². The summed E-state index contributed by atoms with van der Waals surface area (Å²) < 4.78 is 29.3. The van der Waals surface area contributed by atoms with E-state index in [4.69, 9.17) is 0 Å². The number of hydrogen-bond acceptors (Lipinski definition) is 6. The summed E-state index contributed by atoms with van der Waals surface area (Å²) in [4.78, 5) is 17.4. The number of hydrogen-bond donors (Lipinski definition) is 0. The monoisotopic (exact) mass is 585 g/mol. The summed E-state index contributed by atoms with van der Waals surface area (Å²) in [5.74, 6) is 6.47. The molecule has 9 heteroatoms. The van der Waals surface area contributed by atoms with Gasteiger partial charge in [-0.2, -0.15) is 22.7 Å².